The molecule has 1 aromatic carbocycles. The van der Waals surface area contributed by atoms with E-state index in [2.05, 4.69) is 49.5 Å². The second-order valence-corrected chi connectivity index (χ2v) is 6.68. The maximum absolute atomic E-state index is 3.83. The van der Waals surface area contributed by atoms with Crippen molar-refractivity contribution in [2.75, 3.05) is 5.32 Å². The van der Waals surface area contributed by atoms with E-state index in [4.69, 9.17) is 0 Å². The molecule has 122 valence electrons. The highest BCUT2D eigenvalue weighted by molar-refractivity contribution is 5.47. The first kappa shape index (κ1) is 17.1. The lowest BCUT2D eigenvalue weighted by Crippen LogP contribution is -2.43. The number of aryl methyl sites for hydroxylation is 1. The Bertz CT molecular complexity index is 485. The van der Waals surface area contributed by atoms with Crippen molar-refractivity contribution in [3.8, 4) is 0 Å². The molecule has 0 radical (unpaired) electrons. The Morgan fingerprint density at radius 2 is 1.86 bits per heavy atom. The minimum Gasteiger partial charge on any atom is -0.381 e. The molecule has 0 heterocycles. The topological polar surface area (TPSA) is 12.0 Å². The van der Waals surface area contributed by atoms with Crippen molar-refractivity contribution in [1.29, 1.82) is 0 Å². The Labute approximate surface area is 137 Å². The monoisotopic (exact) mass is 299 g/mol. The molecule has 1 saturated carbocycles. The summed E-state index contributed by atoms with van der Waals surface area (Å²) in [5.74, 6) is 0. The van der Waals surface area contributed by atoms with E-state index in [0.29, 0.717) is 11.5 Å². The van der Waals surface area contributed by atoms with Crippen LogP contribution in [-0.4, -0.2) is 6.04 Å². The van der Waals surface area contributed by atoms with Crippen LogP contribution in [0.25, 0.3) is 0 Å². The van der Waals surface area contributed by atoms with Gasteiger partial charge in [0.05, 0.1) is 0 Å². The van der Waals surface area contributed by atoms with Gasteiger partial charge in [-0.25, -0.2) is 0 Å². The summed E-state index contributed by atoms with van der Waals surface area (Å²) in [4.78, 5) is 0. The van der Waals surface area contributed by atoms with E-state index in [1.807, 2.05) is 13.8 Å². The van der Waals surface area contributed by atoms with E-state index in [0.717, 1.165) is 6.42 Å². The highest BCUT2D eigenvalue weighted by Gasteiger charge is 2.40. The third-order valence-corrected chi connectivity index (χ3v) is 5.44. The number of rotatable bonds is 3. The first-order chi connectivity index (χ1) is 10.7. The van der Waals surface area contributed by atoms with Crippen LogP contribution in [0.2, 0.25) is 0 Å². The van der Waals surface area contributed by atoms with Gasteiger partial charge >= 0.3 is 0 Å². The second-order valence-electron chi connectivity index (χ2n) is 6.68. The Balaban J connectivity index is 0.000000847. The van der Waals surface area contributed by atoms with Crippen molar-refractivity contribution in [1.82, 2.24) is 0 Å². The molecule has 1 N–H and O–H groups in total. The molecule has 1 heteroatoms. The number of hydrogen-bond acceptors (Lipinski definition) is 1. The predicted octanol–water partition coefficient (Wildman–Crippen LogP) is 6.36. The van der Waals surface area contributed by atoms with Gasteiger partial charge < -0.3 is 5.32 Å². The van der Waals surface area contributed by atoms with Crippen molar-refractivity contribution < 1.29 is 0 Å². The minimum atomic E-state index is 0.389. The quantitative estimate of drug-likeness (QED) is 0.641. The molecule has 0 amide bonds. The maximum atomic E-state index is 3.83. The molecule has 2 aliphatic rings. The molecule has 1 fully saturated rings. The fourth-order valence-electron chi connectivity index (χ4n) is 4.01. The zero-order valence-corrected chi connectivity index (χ0v) is 14.9. The van der Waals surface area contributed by atoms with E-state index in [1.54, 1.807) is 5.57 Å². The third kappa shape index (κ3) is 3.56. The van der Waals surface area contributed by atoms with Gasteiger partial charge in [-0.2, -0.15) is 0 Å². The zero-order valence-electron chi connectivity index (χ0n) is 14.9. The number of allylic oxidation sites excluding steroid dienone is 1. The van der Waals surface area contributed by atoms with Gasteiger partial charge in [0.25, 0.3) is 0 Å². The van der Waals surface area contributed by atoms with E-state index in [-0.39, 0.29) is 0 Å². The SMILES string of the molecule is CC.CCc1ccc(NC2CCCC3=CCCCC32C)cc1. The van der Waals surface area contributed by atoms with Crippen LogP contribution in [0.15, 0.2) is 35.9 Å². The fourth-order valence-corrected chi connectivity index (χ4v) is 4.01. The van der Waals surface area contributed by atoms with Crippen LogP contribution >= 0.6 is 0 Å². The van der Waals surface area contributed by atoms with Crippen LogP contribution in [0.3, 0.4) is 0 Å². The molecular formula is C21H33N. The lowest BCUT2D eigenvalue weighted by atomic mass is 9.63. The van der Waals surface area contributed by atoms with Crippen LogP contribution in [0, 0.1) is 5.41 Å². The fraction of sp³-hybridized carbons (Fsp3) is 0.619. The van der Waals surface area contributed by atoms with Crippen LogP contribution in [0.5, 0.6) is 0 Å². The Hall–Kier alpha value is -1.24. The summed E-state index contributed by atoms with van der Waals surface area (Å²) in [6, 6.07) is 9.62. The van der Waals surface area contributed by atoms with Gasteiger partial charge in [0.1, 0.15) is 0 Å². The number of anilines is 1. The van der Waals surface area contributed by atoms with Gasteiger partial charge in [-0.3, -0.25) is 0 Å². The summed E-state index contributed by atoms with van der Waals surface area (Å²) in [5.41, 5.74) is 4.82. The molecule has 1 aromatic rings. The van der Waals surface area contributed by atoms with Crippen molar-refractivity contribution in [3.63, 3.8) is 0 Å². The van der Waals surface area contributed by atoms with Crippen molar-refractivity contribution in [3.05, 3.63) is 41.5 Å². The summed E-state index contributed by atoms with van der Waals surface area (Å²) in [5, 5.41) is 3.83. The summed E-state index contributed by atoms with van der Waals surface area (Å²) >= 11 is 0. The van der Waals surface area contributed by atoms with Crippen molar-refractivity contribution in [2.45, 2.75) is 78.7 Å². The van der Waals surface area contributed by atoms with Gasteiger partial charge in [-0.05, 0) is 62.6 Å². The van der Waals surface area contributed by atoms with E-state index in [9.17, 15) is 0 Å². The van der Waals surface area contributed by atoms with Crippen LogP contribution in [0.1, 0.15) is 71.8 Å². The molecule has 0 aliphatic heterocycles. The molecule has 22 heavy (non-hydrogen) atoms. The lowest BCUT2D eigenvalue weighted by molar-refractivity contribution is 0.235. The summed E-state index contributed by atoms with van der Waals surface area (Å²) in [6.07, 6.45) is 11.6. The highest BCUT2D eigenvalue weighted by atomic mass is 14.9. The van der Waals surface area contributed by atoms with Gasteiger partial charge in [0.15, 0.2) is 0 Å². The van der Waals surface area contributed by atoms with Crippen LogP contribution in [-0.2, 0) is 6.42 Å². The van der Waals surface area contributed by atoms with E-state index >= 15 is 0 Å². The van der Waals surface area contributed by atoms with Gasteiger partial charge in [0, 0.05) is 17.1 Å². The number of hydrogen-bond donors (Lipinski definition) is 1. The highest BCUT2D eigenvalue weighted by Crippen LogP contribution is 2.48. The molecular weight excluding hydrogens is 266 g/mol. The molecule has 3 rings (SSSR count). The molecule has 0 aromatic heterocycles. The third-order valence-electron chi connectivity index (χ3n) is 5.44. The Morgan fingerprint density at radius 1 is 1.14 bits per heavy atom. The van der Waals surface area contributed by atoms with Gasteiger partial charge in [0.2, 0.25) is 0 Å². The number of fused-ring (bicyclic) bond motifs is 1. The summed E-state index contributed by atoms with van der Waals surface area (Å²) < 4.78 is 0. The first-order valence-corrected chi connectivity index (χ1v) is 9.27. The van der Waals surface area contributed by atoms with Crippen LogP contribution < -0.4 is 5.32 Å². The van der Waals surface area contributed by atoms with Crippen molar-refractivity contribution >= 4 is 5.69 Å². The molecule has 2 aliphatic carbocycles. The van der Waals surface area contributed by atoms with Crippen molar-refractivity contribution in [2.24, 2.45) is 5.41 Å². The largest absolute Gasteiger partial charge is 0.381 e. The van der Waals surface area contributed by atoms with E-state index < -0.39 is 0 Å². The number of nitrogens with one attached hydrogen (secondary N) is 1. The average molecular weight is 300 g/mol. The Kier molecular flexibility index (Phi) is 6.11. The molecule has 2 atom stereocenters. The normalized spacial score (nSPS) is 27.1. The smallest absolute Gasteiger partial charge is 0.0352 e. The number of benzene rings is 1. The van der Waals surface area contributed by atoms with E-state index in [1.165, 1.54) is 49.8 Å². The average Bonchev–Trinajstić information content (AvgIpc) is 2.58. The molecule has 1 nitrogen and oxygen atoms in total. The summed E-state index contributed by atoms with van der Waals surface area (Å²) in [7, 11) is 0. The first-order valence-electron chi connectivity index (χ1n) is 9.27. The molecule has 2 unspecified atom stereocenters. The van der Waals surface area contributed by atoms with Gasteiger partial charge in [-0.15, -0.1) is 0 Å². The molecule has 0 bridgehead atoms. The second kappa shape index (κ2) is 7.85. The predicted molar refractivity (Wildman–Crippen MR) is 98.5 cm³/mol. The lowest BCUT2D eigenvalue weighted by Gasteiger charge is -2.46. The zero-order chi connectivity index (χ0) is 16.0. The van der Waals surface area contributed by atoms with Gasteiger partial charge in [-0.1, -0.05) is 51.5 Å². The summed E-state index contributed by atoms with van der Waals surface area (Å²) in [6.45, 7) is 8.69. The minimum absolute atomic E-state index is 0.389. The Morgan fingerprint density at radius 3 is 2.55 bits per heavy atom. The molecule has 0 spiro atoms. The maximum Gasteiger partial charge on any atom is 0.0352 e. The van der Waals surface area contributed by atoms with Crippen LogP contribution in [0.4, 0.5) is 5.69 Å². The standard InChI is InChI=1S/C19H27N.C2H6/c1-3-15-10-12-17(13-11-15)20-18-9-6-8-16-7-4-5-14-19(16,18)2;1-2/h7,10-13,18,20H,3-6,8-9,14H2,1-2H3;1-2H3. The molecule has 0 saturated heterocycles.